The van der Waals surface area contributed by atoms with Gasteiger partial charge >= 0.3 is 0 Å². The summed E-state index contributed by atoms with van der Waals surface area (Å²) in [5.74, 6) is 0. The maximum atomic E-state index is 6.29. The van der Waals surface area contributed by atoms with Gasteiger partial charge in [0, 0.05) is 16.8 Å². The molecule has 0 radical (unpaired) electrons. The molecule has 1 aliphatic rings. The highest BCUT2D eigenvalue weighted by molar-refractivity contribution is 8.00. The van der Waals surface area contributed by atoms with Crippen LogP contribution in [0.2, 0.25) is 5.02 Å². The molecule has 0 spiro atoms. The Kier molecular flexibility index (Phi) is 4.74. The lowest BCUT2D eigenvalue weighted by molar-refractivity contribution is 0.127. The molecule has 2 atom stereocenters. The molecule has 0 aliphatic carbocycles. The van der Waals surface area contributed by atoms with Crippen LogP contribution in [0.3, 0.4) is 0 Å². The SMILES string of the molecule is CC1OCCC1Sc1c(Cl)cccc1CCN. The van der Waals surface area contributed by atoms with Crippen LogP contribution in [-0.4, -0.2) is 24.5 Å². The molecule has 1 aromatic carbocycles. The number of halogens is 1. The standard InChI is InChI=1S/C13H18ClNOS/c1-9-12(6-8-16-9)17-13-10(5-7-15)3-2-4-11(13)14/h2-4,9,12H,5-8,15H2,1H3. The molecule has 1 saturated heterocycles. The Morgan fingerprint density at radius 2 is 2.35 bits per heavy atom. The van der Waals surface area contributed by atoms with Crippen LogP contribution in [0, 0.1) is 0 Å². The molecule has 2 rings (SSSR count). The summed E-state index contributed by atoms with van der Waals surface area (Å²) < 4.78 is 5.59. The third-order valence-electron chi connectivity index (χ3n) is 3.04. The maximum Gasteiger partial charge on any atom is 0.0669 e. The van der Waals surface area contributed by atoms with Crippen LogP contribution in [0.4, 0.5) is 0 Å². The van der Waals surface area contributed by atoms with Gasteiger partial charge in [-0.3, -0.25) is 0 Å². The van der Waals surface area contributed by atoms with Crippen molar-refractivity contribution in [2.75, 3.05) is 13.2 Å². The molecule has 4 heteroatoms. The Morgan fingerprint density at radius 1 is 1.53 bits per heavy atom. The molecular formula is C13H18ClNOS. The number of hydrogen-bond acceptors (Lipinski definition) is 3. The fourth-order valence-electron chi connectivity index (χ4n) is 2.06. The second-order valence-electron chi connectivity index (χ2n) is 4.29. The quantitative estimate of drug-likeness (QED) is 0.914. The average Bonchev–Trinajstić information content (AvgIpc) is 2.70. The van der Waals surface area contributed by atoms with Gasteiger partial charge in [-0.15, -0.1) is 11.8 Å². The van der Waals surface area contributed by atoms with E-state index in [4.69, 9.17) is 22.1 Å². The fourth-order valence-corrected chi connectivity index (χ4v) is 3.67. The molecule has 2 nitrogen and oxygen atoms in total. The van der Waals surface area contributed by atoms with Gasteiger partial charge in [-0.2, -0.15) is 0 Å². The summed E-state index contributed by atoms with van der Waals surface area (Å²) in [6, 6.07) is 6.05. The van der Waals surface area contributed by atoms with Crippen LogP contribution in [0.1, 0.15) is 18.9 Å². The van der Waals surface area contributed by atoms with Gasteiger partial charge in [0.15, 0.2) is 0 Å². The van der Waals surface area contributed by atoms with E-state index in [2.05, 4.69) is 13.0 Å². The summed E-state index contributed by atoms with van der Waals surface area (Å²) >= 11 is 8.13. The van der Waals surface area contributed by atoms with Crippen molar-refractivity contribution in [1.82, 2.24) is 0 Å². The number of benzene rings is 1. The monoisotopic (exact) mass is 271 g/mol. The van der Waals surface area contributed by atoms with E-state index in [-0.39, 0.29) is 0 Å². The van der Waals surface area contributed by atoms with Gasteiger partial charge in [0.2, 0.25) is 0 Å². The van der Waals surface area contributed by atoms with Crippen molar-refractivity contribution in [2.24, 2.45) is 5.73 Å². The van der Waals surface area contributed by atoms with E-state index >= 15 is 0 Å². The van der Waals surface area contributed by atoms with Gasteiger partial charge in [-0.05, 0) is 37.9 Å². The number of nitrogens with two attached hydrogens (primary N) is 1. The summed E-state index contributed by atoms with van der Waals surface area (Å²) in [5.41, 5.74) is 6.89. The summed E-state index contributed by atoms with van der Waals surface area (Å²) in [6.45, 7) is 3.64. The molecule has 2 N–H and O–H groups in total. The van der Waals surface area contributed by atoms with Gasteiger partial charge in [0.05, 0.1) is 11.1 Å². The largest absolute Gasteiger partial charge is 0.377 e. The third kappa shape index (κ3) is 3.16. The van der Waals surface area contributed by atoms with Gasteiger partial charge in [0.1, 0.15) is 0 Å². The smallest absolute Gasteiger partial charge is 0.0669 e. The van der Waals surface area contributed by atoms with Crippen molar-refractivity contribution in [3.8, 4) is 0 Å². The molecular weight excluding hydrogens is 254 g/mol. The van der Waals surface area contributed by atoms with Crippen LogP contribution in [0.25, 0.3) is 0 Å². The van der Waals surface area contributed by atoms with E-state index in [1.54, 1.807) is 0 Å². The zero-order valence-electron chi connectivity index (χ0n) is 9.99. The van der Waals surface area contributed by atoms with Crippen molar-refractivity contribution in [3.63, 3.8) is 0 Å². The lowest BCUT2D eigenvalue weighted by atomic mass is 10.1. The van der Waals surface area contributed by atoms with Gasteiger partial charge < -0.3 is 10.5 Å². The Morgan fingerprint density at radius 3 is 3.00 bits per heavy atom. The first-order valence-corrected chi connectivity index (χ1v) is 7.24. The highest BCUT2D eigenvalue weighted by Gasteiger charge is 2.26. The molecule has 0 saturated carbocycles. The lowest BCUT2D eigenvalue weighted by Crippen LogP contribution is -2.14. The number of thioether (sulfide) groups is 1. The van der Waals surface area contributed by atoms with Crippen LogP contribution in [-0.2, 0) is 11.2 Å². The first-order valence-electron chi connectivity index (χ1n) is 5.98. The van der Waals surface area contributed by atoms with E-state index < -0.39 is 0 Å². The van der Waals surface area contributed by atoms with Gasteiger partial charge in [-0.1, -0.05) is 23.7 Å². The van der Waals surface area contributed by atoms with Crippen molar-refractivity contribution < 1.29 is 4.74 Å². The first-order chi connectivity index (χ1) is 8.22. The summed E-state index contributed by atoms with van der Waals surface area (Å²) in [5, 5.41) is 1.34. The minimum absolute atomic E-state index is 0.307. The van der Waals surface area contributed by atoms with E-state index in [0.717, 1.165) is 24.5 Å². The molecule has 1 heterocycles. The second kappa shape index (κ2) is 6.10. The Hall–Kier alpha value is -0.220. The number of rotatable bonds is 4. The van der Waals surface area contributed by atoms with Gasteiger partial charge in [-0.25, -0.2) is 0 Å². The minimum Gasteiger partial charge on any atom is -0.377 e. The van der Waals surface area contributed by atoms with E-state index in [1.165, 1.54) is 10.5 Å². The van der Waals surface area contributed by atoms with Crippen molar-refractivity contribution in [3.05, 3.63) is 28.8 Å². The zero-order valence-corrected chi connectivity index (χ0v) is 11.6. The highest BCUT2D eigenvalue weighted by atomic mass is 35.5. The van der Waals surface area contributed by atoms with Crippen molar-refractivity contribution in [1.29, 1.82) is 0 Å². The minimum atomic E-state index is 0.307. The third-order valence-corrected chi connectivity index (χ3v) is 5.10. The number of ether oxygens (including phenoxy) is 1. The Bertz CT molecular complexity index is 386. The van der Waals surface area contributed by atoms with Crippen LogP contribution in [0.5, 0.6) is 0 Å². The van der Waals surface area contributed by atoms with Gasteiger partial charge in [0.25, 0.3) is 0 Å². The molecule has 2 unspecified atom stereocenters. The van der Waals surface area contributed by atoms with E-state index in [9.17, 15) is 0 Å². The molecule has 1 aromatic rings. The highest BCUT2D eigenvalue weighted by Crippen LogP contribution is 2.38. The normalized spacial score (nSPS) is 24.2. The number of hydrogen-bond donors (Lipinski definition) is 1. The topological polar surface area (TPSA) is 35.2 Å². The predicted octanol–water partition coefficient (Wildman–Crippen LogP) is 3.11. The fraction of sp³-hybridized carbons (Fsp3) is 0.538. The summed E-state index contributed by atoms with van der Waals surface area (Å²) in [6.07, 6.45) is 2.28. The van der Waals surface area contributed by atoms with E-state index in [0.29, 0.717) is 17.9 Å². The predicted molar refractivity (Wildman–Crippen MR) is 73.9 cm³/mol. The Labute approximate surface area is 112 Å². The van der Waals surface area contributed by atoms with Crippen LogP contribution >= 0.6 is 23.4 Å². The summed E-state index contributed by atoms with van der Waals surface area (Å²) in [7, 11) is 0. The molecule has 0 bridgehead atoms. The van der Waals surface area contributed by atoms with Crippen molar-refractivity contribution in [2.45, 2.75) is 36.0 Å². The molecule has 17 heavy (non-hydrogen) atoms. The maximum absolute atomic E-state index is 6.29. The molecule has 1 aliphatic heterocycles. The molecule has 0 amide bonds. The lowest BCUT2D eigenvalue weighted by Gasteiger charge is -2.17. The molecule has 94 valence electrons. The Balaban J connectivity index is 2.18. The van der Waals surface area contributed by atoms with E-state index in [1.807, 2.05) is 23.9 Å². The molecule has 0 aromatic heterocycles. The van der Waals surface area contributed by atoms with Crippen molar-refractivity contribution >= 4 is 23.4 Å². The molecule has 1 fully saturated rings. The summed E-state index contributed by atoms with van der Waals surface area (Å²) in [4.78, 5) is 1.18. The average molecular weight is 272 g/mol. The zero-order chi connectivity index (χ0) is 12.3. The first kappa shape index (κ1) is 13.2. The van der Waals surface area contributed by atoms with Crippen LogP contribution in [0.15, 0.2) is 23.1 Å². The van der Waals surface area contributed by atoms with Crippen LogP contribution < -0.4 is 5.73 Å². The second-order valence-corrected chi connectivity index (χ2v) is 5.94.